The Labute approximate surface area is 219 Å². The van der Waals surface area contributed by atoms with Gasteiger partial charge in [-0.3, -0.25) is 15.0 Å². The van der Waals surface area contributed by atoms with E-state index >= 15 is 0 Å². The number of aromatic nitrogens is 2. The van der Waals surface area contributed by atoms with Crippen LogP contribution >= 0.6 is 0 Å². The van der Waals surface area contributed by atoms with E-state index < -0.39 is 5.41 Å². The summed E-state index contributed by atoms with van der Waals surface area (Å²) < 4.78 is 5.35. The molecule has 0 aliphatic carbocycles. The Bertz CT molecular complexity index is 1140. The number of methoxy groups -OCH3 is 1. The zero-order valence-corrected chi connectivity index (χ0v) is 23.0. The van der Waals surface area contributed by atoms with E-state index in [-0.39, 0.29) is 23.9 Å². The first-order chi connectivity index (χ1) is 17.5. The zero-order chi connectivity index (χ0) is 26.9. The molecule has 200 valence electrons. The van der Waals surface area contributed by atoms with Crippen molar-refractivity contribution in [2.24, 2.45) is 5.41 Å². The number of ether oxygens (including phenoxy) is 1. The SMILES string of the molecule is COc1cccc(C(=O)N(Nc2ncc3c(n2)N(C(C)C)CC(C)(C)C(=O)N3C)C2CCN(C)CC2)c1. The van der Waals surface area contributed by atoms with E-state index in [2.05, 4.69) is 41.1 Å². The summed E-state index contributed by atoms with van der Waals surface area (Å²) in [5, 5.41) is 1.67. The van der Waals surface area contributed by atoms with Crippen LogP contribution in [0.5, 0.6) is 5.75 Å². The average Bonchev–Trinajstić information content (AvgIpc) is 2.96. The lowest BCUT2D eigenvalue weighted by Crippen LogP contribution is -2.49. The van der Waals surface area contributed by atoms with Crippen LogP contribution in [-0.2, 0) is 4.79 Å². The maximum atomic E-state index is 13.8. The normalized spacial score (nSPS) is 18.4. The fraction of sp³-hybridized carbons (Fsp3) is 0.556. The number of carbonyl (C=O) groups is 2. The maximum absolute atomic E-state index is 13.8. The molecule has 2 aliphatic rings. The molecule has 0 unspecified atom stereocenters. The van der Waals surface area contributed by atoms with E-state index in [0.29, 0.717) is 35.3 Å². The Morgan fingerprint density at radius 3 is 2.57 bits per heavy atom. The van der Waals surface area contributed by atoms with Gasteiger partial charge in [0.25, 0.3) is 5.91 Å². The standard InChI is InChI=1S/C27H39N7O3/c1-18(2)33-17-27(3,4)25(36)32(6)22-16-28-26(29-23(22)33)30-34(20-11-13-31(5)14-12-20)24(35)19-9-8-10-21(15-19)37-7/h8-10,15-16,18,20H,11-14,17H2,1-7H3,(H,28,29,30). The van der Waals surface area contributed by atoms with Gasteiger partial charge in [-0.15, -0.1) is 0 Å². The van der Waals surface area contributed by atoms with Gasteiger partial charge in [0.2, 0.25) is 11.9 Å². The molecular formula is C27H39N7O3. The summed E-state index contributed by atoms with van der Waals surface area (Å²) in [6, 6.07) is 7.25. The van der Waals surface area contributed by atoms with Crippen molar-refractivity contribution in [3.05, 3.63) is 36.0 Å². The fourth-order valence-electron chi connectivity index (χ4n) is 4.99. The molecule has 37 heavy (non-hydrogen) atoms. The molecule has 2 aliphatic heterocycles. The molecular weight excluding hydrogens is 470 g/mol. The lowest BCUT2D eigenvalue weighted by molar-refractivity contribution is -0.125. The molecule has 0 saturated carbocycles. The molecule has 2 aromatic rings. The number of rotatable bonds is 6. The minimum atomic E-state index is -0.587. The van der Waals surface area contributed by atoms with Crippen LogP contribution in [0.3, 0.4) is 0 Å². The fourth-order valence-corrected chi connectivity index (χ4v) is 4.99. The molecule has 1 N–H and O–H groups in total. The topological polar surface area (TPSA) is 94.1 Å². The second kappa shape index (κ2) is 10.5. The lowest BCUT2D eigenvalue weighted by Gasteiger charge is -2.37. The van der Waals surface area contributed by atoms with Crippen molar-refractivity contribution in [3.8, 4) is 5.75 Å². The molecule has 10 nitrogen and oxygen atoms in total. The number of hydrogen-bond donors (Lipinski definition) is 1. The van der Waals surface area contributed by atoms with Crippen LogP contribution in [0.4, 0.5) is 17.5 Å². The van der Waals surface area contributed by atoms with Crippen molar-refractivity contribution in [3.63, 3.8) is 0 Å². The number of benzene rings is 1. The third-order valence-corrected chi connectivity index (χ3v) is 7.27. The average molecular weight is 510 g/mol. The van der Waals surface area contributed by atoms with Gasteiger partial charge >= 0.3 is 0 Å². The first-order valence-corrected chi connectivity index (χ1v) is 12.9. The largest absolute Gasteiger partial charge is 0.497 e. The number of hydrogen-bond acceptors (Lipinski definition) is 8. The summed E-state index contributed by atoms with van der Waals surface area (Å²) in [7, 11) is 5.44. The van der Waals surface area contributed by atoms with Crippen molar-refractivity contribution < 1.29 is 14.3 Å². The van der Waals surface area contributed by atoms with Gasteiger partial charge in [0.15, 0.2) is 5.82 Å². The van der Waals surface area contributed by atoms with Crippen LogP contribution in [-0.4, -0.2) is 84.6 Å². The van der Waals surface area contributed by atoms with Crippen LogP contribution in [0.15, 0.2) is 30.5 Å². The van der Waals surface area contributed by atoms with E-state index in [4.69, 9.17) is 9.72 Å². The number of likely N-dealkylation sites (tertiary alicyclic amines) is 1. The van der Waals surface area contributed by atoms with Gasteiger partial charge in [0, 0.05) is 25.2 Å². The van der Waals surface area contributed by atoms with Crippen LogP contribution in [0.25, 0.3) is 0 Å². The third kappa shape index (κ3) is 5.49. The quantitative estimate of drug-likeness (QED) is 0.593. The van der Waals surface area contributed by atoms with Crippen LogP contribution in [0.1, 0.15) is 50.9 Å². The van der Waals surface area contributed by atoms with Crippen molar-refractivity contribution >= 4 is 29.3 Å². The summed E-state index contributed by atoms with van der Waals surface area (Å²) >= 11 is 0. The summed E-state index contributed by atoms with van der Waals surface area (Å²) in [5.74, 6) is 1.47. The van der Waals surface area contributed by atoms with Crippen molar-refractivity contribution in [2.45, 2.75) is 52.6 Å². The van der Waals surface area contributed by atoms with Gasteiger partial charge in [-0.05, 0) is 78.9 Å². The van der Waals surface area contributed by atoms with Gasteiger partial charge in [0.1, 0.15) is 11.4 Å². The number of hydrazine groups is 1. The van der Waals surface area contributed by atoms with E-state index in [1.165, 1.54) is 0 Å². The zero-order valence-electron chi connectivity index (χ0n) is 23.0. The van der Waals surface area contributed by atoms with Crippen LogP contribution in [0, 0.1) is 5.41 Å². The Morgan fingerprint density at radius 1 is 1.22 bits per heavy atom. The first-order valence-electron chi connectivity index (χ1n) is 12.9. The Hall–Kier alpha value is -3.40. The molecule has 4 rings (SSSR count). The van der Waals surface area contributed by atoms with E-state index in [1.807, 2.05) is 26.0 Å². The van der Waals surface area contributed by atoms with Gasteiger partial charge in [0.05, 0.1) is 24.8 Å². The molecule has 1 saturated heterocycles. The number of nitrogens with one attached hydrogen (secondary N) is 1. The highest BCUT2D eigenvalue weighted by molar-refractivity contribution is 6.01. The summed E-state index contributed by atoms with van der Waals surface area (Å²) in [4.78, 5) is 42.4. The molecule has 2 amide bonds. The van der Waals surface area contributed by atoms with Gasteiger partial charge in [-0.2, -0.15) is 4.98 Å². The summed E-state index contributed by atoms with van der Waals surface area (Å²) in [6.07, 6.45) is 3.32. The molecule has 1 aromatic heterocycles. The molecule has 3 heterocycles. The number of anilines is 3. The van der Waals surface area contributed by atoms with Gasteiger partial charge < -0.3 is 19.4 Å². The van der Waals surface area contributed by atoms with Crippen LogP contribution in [0.2, 0.25) is 0 Å². The summed E-state index contributed by atoms with van der Waals surface area (Å²) in [6.45, 7) is 10.4. The highest BCUT2D eigenvalue weighted by Crippen LogP contribution is 2.37. The minimum absolute atomic E-state index is 0.0161. The summed E-state index contributed by atoms with van der Waals surface area (Å²) in [5.41, 5.74) is 3.84. The molecule has 0 spiro atoms. The lowest BCUT2D eigenvalue weighted by atomic mass is 9.91. The number of carbonyl (C=O) groups excluding carboxylic acids is 2. The smallest absolute Gasteiger partial charge is 0.272 e. The third-order valence-electron chi connectivity index (χ3n) is 7.27. The number of amides is 2. The molecule has 1 aromatic carbocycles. The molecule has 0 atom stereocenters. The van der Waals surface area contributed by atoms with Gasteiger partial charge in [-0.1, -0.05) is 6.07 Å². The highest BCUT2D eigenvalue weighted by atomic mass is 16.5. The maximum Gasteiger partial charge on any atom is 0.272 e. The van der Waals surface area contributed by atoms with Crippen molar-refractivity contribution in [1.82, 2.24) is 19.9 Å². The number of fused-ring (bicyclic) bond motifs is 1. The first kappa shape index (κ1) is 26.7. The predicted molar refractivity (Wildman–Crippen MR) is 145 cm³/mol. The van der Waals surface area contributed by atoms with Gasteiger partial charge in [-0.25, -0.2) is 9.99 Å². The van der Waals surface area contributed by atoms with E-state index in [0.717, 1.165) is 25.9 Å². The van der Waals surface area contributed by atoms with Crippen molar-refractivity contribution in [2.75, 3.05) is 56.1 Å². The molecule has 0 radical (unpaired) electrons. The minimum Gasteiger partial charge on any atom is -0.497 e. The van der Waals surface area contributed by atoms with Crippen molar-refractivity contribution in [1.29, 1.82) is 0 Å². The molecule has 0 bridgehead atoms. The number of piperidine rings is 1. The van der Waals surface area contributed by atoms with E-state index in [1.54, 1.807) is 42.4 Å². The Morgan fingerprint density at radius 2 is 1.92 bits per heavy atom. The Kier molecular flexibility index (Phi) is 7.59. The van der Waals surface area contributed by atoms with E-state index in [9.17, 15) is 9.59 Å². The van der Waals surface area contributed by atoms with Crippen LogP contribution < -0.4 is 20.0 Å². The number of nitrogens with zero attached hydrogens (tertiary/aromatic N) is 6. The Balaban J connectivity index is 1.71. The molecule has 10 heteroatoms. The second-order valence-corrected chi connectivity index (χ2v) is 10.9. The predicted octanol–water partition coefficient (Wildman–Crippen LogP) is 3.27. The monoisotopic (exact) mass is 509 g/mol. The molecule has 1 fully saturated rings. The second-order valence-electron chi connectivity index (χ2n) is 10.9. The highest BCUT2D eigenvalue weighted by Gasteiger charge is 2.40.